The van der Waals surface area contributed by atoms with Crippen molar-refractivity contribution in [2.24, 2.45) is 0 Å². The molecule has 2 atom stereocenters. The van der Waals surface area contributed by atoms with Crippen molar-refractivity contribution < 1.29 is 40.0 Å². The predicted molar refractivity (Wildman–Crippen MR) is 165 cm³/mol. The van der Waals surface area contributed by atoms with Crippen molar-refractivity contribution in [3.05, 3.63) is 46.8 Å². The standard InChI is InChI=1S/C31H33F7N3O2PS/c1-41-14-12-24(23(32)19-41)40-26-8-5-7-21-22(18-30(33,34)35)28(45-29(21)26)9-6-13-39-25-11-10-20(17-27(25)43-31(36,37)38)44(42)15-3-2-4-16-44/h5,7-8,10-11,17,23-24,39-40H,2-4,12-16,18-19H2,1H3/t23-,24+/m0/s1. The van der Waals surface area contributed by atoms with Gasteiger partial charge in [-0.3, -0.25) is 0 Å². The molecule has 14 heteroatoms. The van der Waals surface area contributed by atoms with E-state index >= 15 is 0 Å². The van der Waals surface area contributed by atoms with Crippen LogP contribution in [0.4, 0.5) is 42.1 Å². The second-order valence-corrected chi connectivity index (χ2v) is 15.7. The van der Waals surface area contributed by atoms with Crippen molar-refractivity contribution in [1.29, 1.82) is 0 Å². The van der Waals surface area contributed by atoms with Gasteiger partial charge in [0.05, 0.1) is 40.0 Å². The molecule has 5 rings (SSSR count). The van der Waals surface area contributed by atoms with E-state index in [1.807, 2.05) is 11.9 Å². The molecule has 244 valence electrons. The molecule has 0 unspecified atom stereocenters. The van der Waals surface area contributed by atoms with Crippen molar-refractivity contribution in [2.45, 2.75) is 56.9 Å². The van der Waals surface area contributed by atoms with Crippen molar-refractivity contribution in [1.82, 2.24) is 4.90 Å². The molecule has 2 saturated heterocycles. The maximum atomic E-state index is 14.7. The van der Waals surface area contributed by atoms with Gasteiger partial charge in [0.2, 0.25) is 0 Å². The number of benzene rings is 2. The number of nitrogens with zero attached hydrogens (tertiary/aromatic N) is 1. The fraction of sp³-hybridized carbons (Fsp3) is 0.484. The molecule has 0 bridgehead atoms. The molecule has 3 aromatic rings. The quantitative estimate of drug-likeness (QED) is 0.151. The number of anilines is 2. The minimum absolute atomic E-state index is 0.0125. The number of ether oxygens (including phenoxy) is 1. The number of thiophene rings is 1. The van der Waals surface area contributed by atoms with Gasteiger partial charge in [0.1, 0.15) is 13.3 Å². The molecule has 0 amide bonds. The van der Waals surface area contributed by atoms with E-state index in [2.05, 4.69) is 27.2 Å². The van der Waals surface area contributed by atoms with Crippen LogP contribution in [0.2, 0.25) is 0 Å². The average molecular weight is 676 g/mol. The van der Waals surface area contributed by atoms with Gasteiger partial charge in [-0.1, -0.05) is 30.4 Å². The normalized spacial score (nSPS) is 20.8. The van der Waals surface area contributed by atoms with E-state index in [4.69, 9.17) is 0 Å². The third-order valence-corrected chi connectivity index (χ3v) is 12.5. The highest BCUT2D eigenvalue weighted by Gasteiger charge is 2.35. The maximum absolute atomic E-state index is 14.7. The van der Waals surface area contributed by atoms with E-state index in [0.717, 1.165) is 36.7 Å². The molecule has 2 aliphatic rings. The summed E-state index contributed by atoms with van der Waals surface area (Å²) >= 11 is 1.05. The van der Waals surface area contributed by atoms with Crippen LogP contribution in [-0.4, -0.2) is 68.7 Å². The Labute approximate surface area is 260 Å². The first-order chi connectivity index (χ1) is 21.2. The van der Waals surface area contributed by atoms with Gasteiger partial charge >= 0.3 is 12.5 Å². The molecule has 2 fully saturated rings. The van der Waals surface area contributed by atoms with Gasteiger partial charge in [0.25, 0.3) is 0 Å². The van der Waals surface area contributed by atoms with E-state index in [-0.39, 0.29) is 29.2 Å². The highest BCUT2D eigenvalue weighted by molar-refractivity contribution is 7.71. The van der Waals surface area contributed by atoms with E-state index in [9.17, 15) is 35.3 Å². The number of halogens is 7. The predicted octanol–water partition coefficient (Wildman–Crippen LogP) is 7.99. The Kier molecular flexibility index (Phi) is 9.97. The third-order valence-electron chi connectivity index (χ3n) is 8.05. The fourth-order valence-electron chi connectivity index (χ4n) is 5.84. The molecule has 5 nitrogen and oxygen atoms in total. The SMILES string of the molecule is CN1CC[C@@H](Nc2cccc3c(CC(F)(F)F)c(C#CCNc4ccc(P5(=O)CCCCC5)cc4OC(F)(F)F)sc23)[C@@H](F)C1. The summed E-state index contributed by atoms with van der Waals surface area (Å²) in [5.74, 6) is 4.95. The second-order valence-electron chi connectivity index (χ2n) is 11.5. The first kappa shape index (κ1) is 33.4. The highest BCUT2D eigenvalue weighted by atomic mass is 32.1. The molecular weight excluding hydrogens is 642 g/mol. The number of alkyl halides is 7. The Bertz CT molecular complexity index is 1620. The molecule has 2 aromatic carbocycles. The van der Waals surface area contributed by atoms with E-state index in [0.29, 0.717) is 46.4 Å². The zero-order chi connectivity index (χ0) is 32.4. The lowest BCUT2D eigenvalue weighted by Gasteiger charge is -2.33. The Morgan fingerprint density at radius 1 is 1.07 bits per heavy atom. The summed E-state index contributed by atoms with van der Waals surface area (Å²) in [7, 11) is -1.01. The lowest BCUT2D eigenvalue weighted by Crippen LogP contribution is -2.46. The molecule has 2 aliphatic heterocycles. The lowest BCUT2D eigenvalue weighted by atomic mass is 10.0. The Morgan fingerprint density at radius 2 is 1.82 bits per heavy atom. The van der Waals surface area contributed by atoms with Crippen LogP contribution in [0.1, 0.15) is 36.1 Å². The fourth-order valence-corrected chi connectivity index (χ4v) is 9.92. The third kappa shape index (κ3) is 8.46. The molecule has 2 N–H and O–H groups in total. The summed E-state index contributed by atoms with van der Waals surface area (Å²) < 4.78 is 113. The number of hydrogen-bond donors (Lipinski definition) is 2. The highest BCUT2D eigenvalue weighted by Crippen LogP contribution is 2.50. The monoisotopic (exact) mass is 675 g/mol. The van der Waals surface area contributed by atoms with E-state index in [1.54, 1.807) is 18.2 Å². The Balaban J connectivity index is 1.40. The Hall–Kier alpha value is -2.94. The first-order valence-corrected chi connectivity index (χ1v) is 17.5. The van der Waals surface area contributed by atoms with Gasteiger partial charge < -0.3 is 24.8 Å². The molecule has 0 aliphatic carbocycles. The summed E-state index contributed by atoms with van der Waals surface area (Å²) in [4.78, 5) is 2.04. The summed E-state index contributed by atoms with van der Waals surface area (Å²) in [6.45, 7) is 0.730. The number of likely N-dealkylation sites (tertiary alicyclic amines) is 1. The van der Waals surface area contributed by atoms with Crippen molar-refractivity contribution >= 4 is 45.2 Å². The number of piperidine rings is 1. The Morgan fingerprint density at radius 3 is 2.51 bits per heavy atom. The maximum Gasteiger partial charge on any atom is 0.573 e. The van der Waals surface area contributed by atoms with E-state index in [1.165, 1.54) is 12.1 Å². The summed E-state index contributed by atoms with van der Waals surface area (Å²) in [6.07, 6.45) is -8.10. The van der Waals surface area contributed by atoms with Crippen LogP contribution in [0.25, 0.3) is 10.1 Å². The second kappa shape index (κ2) is 13.4. The molecule has 0 spiro atoms. The van der Waals surface area contributed by atoms with Gasteiger partial charge in [-0.15, -0.1) is 24.5 Å². The minimum atomic E-state index is -4.99. The number of fused-ring (bicyclic) bond motifs is 1. The molecular formula is C31H33F7N3O2PS. The van der Waals surface area contributed by atoms with Crippen LogP contribution in [0.5, 0.6) is 5.75 Å². The van der Waals surface area contributed by atoms with Crippen LogP contribution >= 0.6 is 18.5 Å². The van der Waals surface area contributed by atoms with Crippen LogP contribution in [0.15, 0.2) is 36.4 Å². The largest absolute Gasteiger partial charge is 0.573 e. The average Bonchev–Trinajstić information content (AvgIpc) is 3.29. The number of rotatable bonds is 7. The summed E-state index contributed by atoms with van der Waals surface area (Å²) in [6, 6.07) is 8.45. The van der Waals surface area contributed by atoms with Gasteiger partial charge in [-0.05, 0) is 61.5 Å². The molecule has 0 radical (unpaired) electrons. The zero-order valence-electron chi connectivity index (χ0n) is 24.5. The van der Waals surface area contributed by atoms with E-state index < -0.39 is 44.1 Å². The number of nitrogens with one attached hydrogen (secondary N) is 2. The van der Waals surface area contributed by atoms with Gasteiger partial charge in [-0.25, -0.2) is 4.39 Å². The van der Waals surface area contributed by atoms with Crippen molar-refractivity contribution in [3.8, 4) is 17.6 Å². The molecule has 0 saturated carbocycles. The first-order valence-electron chi connectivity index (χ1n) is 14.6. The number of hydrogen-bond acceptors (Lipinski definition) is 6. The molecule has 1 aromatic heterocycles. The van der Waals surface area contributed by atoms with Crippen LogP contribution in [0.3, 0.4) is 0 Å². The zero-order valence-corrected chi connectivity index (χ0v) is 26.2. The van der Waals surface area contributed by atoms with Gasteiger partial charge in [-0.2, -0.15) is 13.2 Å². The summed E-state index contributed by atoms with van der Waals surface area (Å²) in [5, 5.41) is 6.62. The van der Waals surface area contributed by atoms with Crippen LogP contribution < -0.4 is 20.7 Å². The topological polar surface area (TPSA) is 53.6 Å². The minimum Gasteiger partial charge on any atom is -0.404 e. The van der Waals surface area contributed by atoms with Crippen LogP contribution in [-0.2, 0) is 11.0 Å². The molecule has 45 heavy (non-hydrogen) atoms. The van der Waals surface area contributed by atoms with Crippen molar-refractivity contribution in [3.63, 3.8) is 0 Å². The van der Waals surface area contributed by atoms with Crippen LogP contribution in [0, 0.1) is 11.8 Å². The van der Waals surface area contributed by atoms with Crippen molar-refractivity contribution in [2.75, 3.05) is 49.6 Å². The smallest absolute Gasteiger partial charge is 0.404 e. The summed E-state index contributed by atoms with van der Waals surface area (Å²) in [5.41, 5.74) is 0.475. The van der Waals surface area contributed by atoms with Gasteiger partial charge in [0, 0.05) is 30.7 Å². The lowest BCUT2D eigenvalue weighted by molar-refractivity contribution is -0.274. The molecule has 3 heterocycles. The van der Waals surface area contributed by atoms with Gasteiger partial charge in [0.15, 0.2) is 5.75 Å².